The minimum absolute atomic E-state index is 0.0412. The predicted octanol–water partition coefficient (Wildman–Crippen LogP) is 7.36. The maximum absolute atomic E-state index is 14.3. The second-order valence-electron chi connectivity index (χ2n) is 13.6. The number of carbonyl (C=O) groups excluding carboxylic acids is 1. The number of ether oxygens (including phenoxy) is 1. The van der Waals surface area contributed by atoms with Crippen LogP contribution in [0.5, 0.6) is 5.88 Å². The lowest BCUT2D eigenvalue weighted by molar-refractivity contribution is 0.0241. The molecule has 0 saturated carbocycles. The third-order valence-electron chi connectivity index (χ3n) is 8.68. The number of anilines is 1. The molecule has 6 bridgehead atoms. The van der Waals surface area contributed by atoms with Crippen LogP contribution in [0.15, 0.2) is 71.6 Å². The smallest absolute Gasteiger partial charge is 0.264 e. The van der Waals surface area contributed by atoms with E-state index < -0.39 is 16.1 Å². The third-order valence-corrected chi connectivity index (χ3v) is 10.0. The van der Waals surface area contributed by atoms with Crippen LogP contribution in [0.4, 0.5) is 5.95 Å². The third kappa shape index (κ3) is 5.93. The van der Waals surface area contributed by atoms with Gasteiger partial charge < -0.3 is 9.64 Å². The molecular weight excluding hydrogens is 584 g/mol. The maximum Gasteiger partial charge on any atom is 0.264 e. The topological polar surface area (TPSA) is 101 Å². The number of carbonyl (C=O) groups is 1. The molecule has 4 aromatic rings. The van der Waals surface area contributed by atoms with Gasteiger partial charge in [-0.05, 0) is 77.6 Å². The van der Waals surface area contributed by atoms with Crippen LogP contribution in [0.3, 0.4) is 0 Å². The zero-order valence-corrected chi connectivity index (χ0v) is 27.7. The van der Waals surface area contributed by atoms with E-state index in [9.17, 15) is 13.2 Å². The second-order valence-corrected chi connectivity index (χ2v) is 15.3. The van der Waals surface area contributed by atoms with E-state index in [1.165, 1.54) is 12.1 Å². The molecule has 9 heteroatoms. The molecule has 8 nitrogen and oxygen atoms in total. The van der Waals surface area contributed by atoms with Crippen LogP contribution in [-0.4, -0.2) is 35.2 Å². The molecule has 1 aromatic heterocycles. The van der Waals surface area contributed by atoms with Gasteiger partial charge in [0.2, 0.25) is 11.8 Å². The zero-order chi connectivity index (χ0) is 32.3. The van der Waals surface area contributed by atoms with Crippen LogP contribution in [0, 0.1) is 19.8 Å². The molecule has 0 unspecified atom stereocenters. The molecule has 3 heterocycles. The summed E-state index contributed by atoms with van der Waals surface area (Å²) in [5.74, 6) is 0.135. The van der Waals surface area contributed by atoms with E-state index in [2.05, 4.69) is 67.5 Å². The van der Waals surface area contributed by atoms with Crippen molar-refractivity contribution in [1.29, 1.82) is 0 Å². The summed E-state index contributed by atoms with van der Waals surface area (Å²) in [5, 5.41) is 0. The highest BCUT2D eigenvalue weighted by molar-refractivity contribution is 7.92. The monoisotopic (exact) mass is 624 g/mol. The summed E-state index contributed by atoms with van der Waals surface area (Å²) in [4.78, 5) is 25.4. The van der Waals surface area contributed by atoms with Gasteiger partial charge in [-0.2, -0.15) is 4.98 Å². The number of fused-ring (bicyclic) bond motifs is 8. The molecule has 234 valence electrons. The summed E-state index contributed by atoms with van der Waals surface area (Å²) in [5.41, 5.74) is 6.77. The van der Waals surface area contributed by atoms with Crippen molar-refractivity contribution >= 4 is 21.9 Å². The first-order chi connectivity index (χ1) is 21.2. The molecular formula is C36H40N4O4S. The van der Waals surface area contributed by atoms with Crippen LogP contribution >= 0.6 is 0 Å². The number of hydrogen-bond acceptors (Lipinski definition) is 6. The molecule has 6 rings (SSSR count). The molecule has 45 heavy (non-hydrogen) atoms. The van der Waals surface area contributed by atoms with Crippen molar-refractivity contribution in [2.75, 3.05) is 4.72 Å². The molecule has 0 spiro atoms. The highest BCUT2D eigenvalue weighted by atomic mass is 32.2. The van der Waals surface area contributed by atoms with Gasteiger partial charge in [0.05, 0.1) is 16.6 Å². The summed E-state index contributed by atoms with van der Waals surface area (Å²) in [6.07, 6.45) is 0.123. The minimum Gasteiger partial charge on any atom is -0.467 e. The largest absolute Gasteiger partial charge is 0.467 e. The Bertz CT molecular complexity index is 1890. The van der Waals surface area contributed by atoms with Crippen molar-refractivity contribution in [2.45, 2.75) is 83.9 Å². The first-order valence-corrected chi connectivity index (χ1v) is 16.9. The molecule has 0 saturated heterocycles. The Labute approximate surface area is 265 Å². The number of rotatable bonds is 3. The number of nitrogens with one attached hydrogen (secondary N) is 1. The Morgan fingerprint density at radius 3 is 2.38 bits per heavy atom. The lowest BCUT2D eigenvalue weighted by atomic mass is 9.81. The number of aryl methyl sites for hydroxylation is 2. The quantitative estimate of drug-likeness (QED) is 0.256. The number of benzene rings is 3. The van der Waals surface area contributed by atoms with Crippen molar-refractivity contribution in [3.05, 3.63) is 100 Å². The highest BCUT2D eigenvalue weighted by Crippen LogP contribution is 2.41. The van der Waals surface area contributed by atoms with Crippen molar-refractivity contribution in [3.63, 3.8) is 0 Å². The van der Waals surface area contributed by atoms with Gasteiger partial charge in [-0.3, -0.25) is 4.79 Å². The first-order valence-electron chi connectivity index (χ1n) is 15.4. The number of hydrogen-bond donors (Lipinski definition) is 1. The number of sulfonamides is 1. The van der Waals surface area contributed by atoms with Crippen LogP contribution in [0.2, 0.25) is 0 Å². The lowest BCUT2D eigenvalue weighted by Gasteiger charge is -2.43. The van der Waals surface area contributed by atoms with Gasteiger partial charge >= 0.3 is 0 Å². The Hall–Kier alpha value is -4.24. The zero-order valence-electron chi connectivity index (χ0n) is 26.9. The molecule has 1 N–H and O–H groups in total. The standard InChI is InChI=1S/C36H40N4O4S/c1-21(2)16-30-33-28-15-14-26(36(5,6)7)17-25(28)20-40(30)34(41)24-12-9-13-27(18-24)45(42,43)39-35-37-29(19-31(38-35)44-33)32-22(3)10-8-11-23(32)4/h8-15,17-19,21,30,33H,16,20H2,1-7H3,(H,37,38,39)/t30-,33+/m1/s1. The molecule has 0 fully saturated rings. The first kappa shape index (κ1) is 30.8. The van der Waals surface area contributed by atoms with Gasteiger partial charge in [0.1, 0.15) is 6.10 Å². The van der Waals surface area contributed by atoms with E-state index in [1.54, 1.807) is 18.2 Å². The van der Waals surface area contributed by atoms with Gasteiger partial charge in [0.25, 0.3) is 15.9 Å². The van der Waals surface area contributed by atoms with Gasteiger partial charge in [0.15, 0.2) is 0 Å². The van der Waals surface area contributed by atoms with Crippen LogP contribution < -0.4 is 9.46 Å². The maximum atomic E-state index is 14.3. The molecule has 2 aliphatic rings. The molecule has 2 aliphatic heterocycles. The summed E-state index contributed by atoms with van der Waals surface area (Å²) >= 11 is 0. The van der Waals surface area contributed by atoms with E-state index in [-0.39, 0.29) is 40.0 Å². The van der Waals surface area contributed by atoms with Gasteiger partial charge in [-0.25, -0.2) is 18.1 Å². The number of amides is 1. The summed E-state index contributed by atoms with van der Waals surface area (Å²) < 4.78 is 36.7. The van der Waals surface area contributed by atoms with Gasteiger partial charge in [-0.1, -0.05) is 77.1 Å². The van der Waals surface area contributed by atoms with Crippen molar-refractivity contribution < 1.29 is 17.9 Å². The number of nitrogens with zero attached hydrogens (tertiary/aromatic N) is 3. The van der Waals surface area contributed by atoms with Crippen molar-refractivity contribution in [2.24, 2.45) is 5.92 Å². The van der Waals surface area contributed by atoms with Gasteiger partial charge in [-0.15, -0.1) is 0 Å². The second kappa shape index (κ2) is 11.3. The van der Waals surface area contributed by atoms with Crippen LogP contribution in [0.1, 0.15) is 85.3 Å². The average molecular weight is 625 g/mol. The van der Waals surface area contributed by atoms with Crippen molar-refractivity contribution in [1.82, 2.24) is 14.9 Å². The van der Waals surface area contributed by atoms with E-state index in [0.29, 0.717) is 24.2 Å². The molecule has 0 radical (unpaired) electrons. The summed E-state index contributed by atoms with van der Waals surface area (Å²) in [7, 11) is -4.13. The molecule has 2 atom stereocenters. The highest BCUT2D eigenvalue weighted by Gasteiger charge is 2.41. The average Bonchev–Trinajstić information content (AvgIpc) is 2.96. The fourth-order valence-corrected chi connectivity index (χ4v) is 7.39. The van der Waals surface area contributed by atoms with E-state index >= 15 is 0 Å². The molecule has 3 aromatic carbocycles. The summed E-state index contributed by atoms with van der Waals surface area (Å²) in [6.45, 7) is 15.1. The fraction of sp³-hybridized carbons (Fsp3) is 0.361. The Morgan fingerprint density at radius 1 is 0.978 bits per heavy atom. The van der Waals surface area contributed by atoms with Gasteiger partial charge in [0, 0.05) is 23.7 Å². The van der Waals surface area contributed by atoms with Crippen LogP contribution in [0.25, 0.3) is 11.3 Å². The fourth-order valence-electron chi connectivity index (χ4n) is 6.41. The minimum atomic E-state index is -4.13. The van der Waals surface area contributed by atoms with Crippen molar-refractivity contribution in [3.8, 4) is 17.1 Å². The van der Waals surface area contributed by atoms with E-state index in [1.807, 2.05) is 36.9 Å². The van der Waals surface area contributed by atoms with E-state index in [0.717, 1.165) is 33.4 Å². The number of aromatic nitrogens is 2. The SMILES string of the molecule is Cc1cccc(C)c1-c1cc2nc(n1)NS(=O)(=O)c1cccc(c1)C(=O)N1Cc3cc(C(C)(C)C)ccc3[C@H](O2)[C@H]1CC(C)C. The Balaban J connectivity index is 1.63. The van der Waals surface area contributed by atoms with Crippen LogP contribution in [-0.2, 0) is 22.0 Å². The lowest BCUT2D eigenvalue weighted by Crippen LogP contribution is -2.49. The molecule has 0 aliphatic carbocycles. The Kier molecular flexibility index (Phi) is 7.72. The normalized spacial score (nSPS) is 19.0. The predicted molar refractivity (Wildman–Crippen MR) is 176 cm³/mol. The Morgan fingerprint density at radius 2 is 1.69 bits per heavy atom. The van der Waals surface area contributed by atoms with E-state index in [4.69, 9.17) is 4.74 Å². The molecule has 1 amide bonds. The summed E-state index contributed by atoms with van der Waals surface area (Å²) in [6, 6.07) is 20.0.